The fraction of sp³-hybridized carbons (Fsp3) is 0.316. The average molecular weight is 361 g/mol. The lowest BCUT2D eigenvalue weighted by atomic mass is 9.84. The van der Waals surface area contributed by atoms with Crippen molar-refractivity contribution in [2.75, 3.05) is 11.1 Å². The van der Waals surface area contributed by atoms with E-state index in [0.29, 0.717) is 51.5 Å². The molecule has 1 aromatic carbocycles. The molecule has 2 rings (SSSR count). The topological polar surface area (TPSA) is 89.3 Å². The van der Waals surface area contributed by atoms with Crippen molar-refractivity contribution in [3.8, 4) is 0 Å². The molecular weight excluding hydrogens is 340 g/mol. The van der Waals surface area contributed by atoms with Gasteiger partial charge in [-0.15, -0.1) is 0 Å². The van der Waals surface area contributed by atoms with E-state index < -0.39 is 0 Å². The van der Waals surface area contributed by atoms with Gasteiger partial charge in [0.1, 0.15) is 0 Å². The summed E-state index contributed by atoms with van der Waals surface area (Å²) in [5, 5.41) is 3.22. The molecule has 0 saturated carbocycles. The molecule has 1 amide bonds. The predicted octanol–water partition coefficient (Wildman–Crippen LogP) is 3.84. The van der Waals surface area contributed by atoms with Crippen molar-refractivity contribution in [1.82, 2.24) is 0 Å². The van der Waals surface area contributed by atoms with Gasteiger partial charge in [0, 0.05) is 33.7 Å². The molecule has 0 fully saturated rings. The third-order valence-electron chi connectivity index (χ3n) is 4.43. The van der Waals surface area contributed by atoms with Crippen LogP contribution in [0.25, 0.3) is 0 Å². The van der Waals surface area contributed by atoms with Gasteiger partial charge in [0.15, 0.2) is 11.6 Å². The molecule has 0 heterocycles. The number of rotatable bonds is 5. The lowest BCUT2D eigenvalue weighted by molar-refractivity contribution is -0.117. The van der Waals surface area contributed by atoms with Gasteiger partial charge in [-0.2, -0.15) is 0 Å². The summed E-state index contributed by atoms with van der Waals surface area (Å²) in [5.74, 6) is -0.396. The zero-order chi connectivity index (χ0) is 18.7. The number of benzene rings is 1. The fourth-order valence-corrected chi connectivity index (χ4v) is 2.92. The Balaban J connectivity index is 1.95. The summed E-state index contributed by atoms with van der Waals surface area (Å²) < 4.78 is 0. The molecule has 0 aliphatic heterocycles. The number of anilines is 2. The molecule has 6 heteroatoms. The van der Waals surface area contributed by atoms with Gasteiger partial charge in [-0.1, -0.05) is 11.6 Å². The number of halogens is 1. The summed E-state index contributed by atoms with van der Waals surface area (Å²) in [4.78, 5) is 36.5. The molecule has 0 aromatic heterocycles. The van der Waals surface area contributed by atoms with Crippen molar-refractivity contribution >= 4 is 40.4 Å². The maximum absolute atomic E-state index is 12.3. The summed E-state index contributed by atoms with van der Waals surface area (Å²) >= 11 is 5.82. The predicted molar refractivity (Wildman–Crippen MR) is 99.4 cm³/mol. The molecular formula is C19H21ClN2O3. The minimum absolute atomic E-state index is 0.0921. The average Bonchev–Trinajstić information content (AvgIpc) is 2.57. The van der Waals surface area contributed by atoms with Crippen LogP contribution in [0, 0.1) is 0 Å². The van der Waals surface area contributed by atoms with Gasteiger partial charge < -0.3 is 11.1 Å². The molecule has 0 spiro atoms. The first-order valence-corrected chi connectivity index (χ1v) is 8.41. The third kappa shape index (κ3) is 4.17. The Morgan fingerprint density at radius 1 is 1.08 bits per heavy atom. The van der Waals surface area contributed by atoms with E-state index in [2.05, 4.69) is 5.32 Å². The lowest BCUT2D eigenvalue weighted by Crippen LogP contribution is -2.21. The van der Waals surface area contributed by atoms with Crippen LogP contribution in [0.4, 0.5) is 11.4 Å². The van der Waals surface area contributed by atoms with Crippen LogP contribution in [0.2, 0.25) is 5.02 Å². The number of hydrogen-bond acceptors (Lipinski definition) is 4. The molecule has 1 aliphatic carbocycles. The smallest absolute Gasteiger partial charge is 0.224 e. The van der Waals surface area contributed by atoms with E-state index in [1.807, 2.05) is 0 Å². The number of nitrogens with one attached hydrogen (secondary N) is 1. The van der Waals surface area contributed by atoms with E-state index in [0.717, 1.165) is 0 Å². The maximum Gasteiger partial charge on any atom is 0.224 e. The molecule has 5 nitrogen and oxygen atoms in total. The summed E-state index contributed by atoms with van der Waals surface area (Å²) in [6, 6.07) is 4.85. The standard InChI is InChI=1S/C19H21ClN2O3/c1-10-11(2)19(25)14(12(3)18(10)24)5-4-6-17(23)22-16-8-7-13(20)9-15(16)21/h7-9H,4-6,21H2,1-3H3,(H,22,23). The number of Topliss-reactive ketones (excluding diaryl/α,β-unsaturated/α-hetero) is 2. The van der Waals surface area contributed by atoms with E-state index in [1.165, 1.54) is 0 Å². The maximum atomic E-state index is 12.3. The number of carbonyl (C=O) groups excluding carboxylic acids is 3. The minimum Gasteiger partial charge on any atom is -0.397 e. The highest BCUT2D eigenvalue weighted by Gasteiger charge is 2.27. The number of nitrogens with two attached hydrogens (primary N) is 1. The fourth-order valence-electron chi connectivity index (χ4n) is 2.74. The van der Waals surface area contributed by atoms with Crippen LogP contribution in [-0.2, 0) is 14.4 Å². The third-order valence-corrected chi connectivity index (χ3v) is 4.66. The van der Waals surface area contributed by atoms with Gasteiger partial charge >= 0.3 is 0 Å². The summed E-state index contributed by atoms with van der Waals surface area (Å²) in [6.45, 7) is 5.00. The van der Waals surface area contributed by atoms with Gasteiger partial charge in [0.2, 0.25) is 5.91 Å². The largest absolute Gasteiger partial charge is 0.397 e. The Morgan fingerprint density at radius 2 is 1.72 bits per heavy atom. The number of nitrogen functional groups attached to an aromatic ring is 1. The Hall–Kier alpha value is -2.40. The number of amides is 1. The van der Waals surface area contributed by atoms with Crippen LogP contribution in [-0.4, -0.2) is 17.5 Å². The molecule has 1 aromatic rings. The van der Waals surface area contributed by atoms with E-state index in [9.17, 15) is 14.4 Å². The van der Waals surface area contributed by atoms with Crippen molar-refractivity contribution in [3.05, 3.63) is 45.5 Å². The van der Waals surface area contributed by atoms with E-state index in [4.69, 9.17) is 17.3 Å². The van der Waals surface area contributed by atoms with Crippen molar-refractivity contribution in [3.63, 3.8) is 0 Å². The first kappa shape index (κ1) is 18.9. The normalized spacial score (nSPS) is 15.0. The molecule has 0 saturated heterocycles. The van der Waals surface area contributed by atoms with Crippen LogP contribution < -0.4 is 11.1 Å². The lowest BCUT2D eigenvalue weighted by Gasteiger charge is -2.18. The van der Waals surface area contributed by atoms with Crippen molar-refractivity contribution < 1.29 is 14.4 Å². The molecule has 25 heavy (non-hydrogen) atoms. The zero-order valence-corrected chi connectivity index (χ0v) is 15.3. The van der Waals surface area contributed by atoms with Crippen molar-refractivity contribution in [2.24, 2.45) is 0 Å². The monoisotopic (exact) mass is 360 g/mol. The van der Waals surface area contributed by atoms with E-state index in [-0.39, 0.29) is 23.9 Å². The number of hydrogen-bond donors (Lipinski definition) is 2. The Labute approximate surface area is 151 Å². The van der Waals surface area contributed by atoms with Gasteiger partial charge in [0.05, 0.1) is 11.4 Å². The Morgan fingerprint density at radius 3 is 2.36 bits per heavy atom. The first-order valence-electron chi connectivity index (χ1n) is 8.04. The molecule has 0 unspecified atom stereocenters. The van der Waals surface area contributed by atoms with Crippen molar-refractivity contribution in [2.45, 2.75) is 40.0 Å². The molecule has 3 N–H and O–H groups in total. The number of allylic oxidation sites excluding steroid dienone is 4. The molecule has 0 atom stereocenters. The van der Waals surface area contributed by atoms with E-state index in [1.54, 1.807) is 39.0 Å². The van der Waals surface area contributed by atoms with Crippen LogP contribution in [0.1, 0.15) is 40.0 Å². The van der Waals surface area contributed by atoms with E-state index >= 15 is 0 Å². The second kappa shape index (κ2) is 7.66. The zero-order valence-electron chi connectivity index (χ0n) is 14.5. The molecule has 0 radical (unpaired) electrons. The molecule has 0 bridgehead atoms. The van der Waals surface area contributed by atoms with Crippen LogP contribution in [0.5, 0.6) is 0 Å². The minimum atomic E-state index is -0.203. The highest BCUT2D eigenvalue weighted by Crippen LogP contribution is 2.27. The van der Waals surface area contributed by atoms with Crippen LogP contribution in [0.15, 0.2) is 40.5 Å². The second-order valence-corrected chi connectivity index (χ2v) is 6.58. The first-order chi connectivity index (χ1) is 11.7. The van der Waals surface area contributed by atoms with Crippen LogP contribution in [0.3, 0.4) is 0 Å². The van der Waals surface area contributed by atoms with Gasteiger partial charge in [-0.25, -0.2) is 0 Å². The number of ketones is 2. The SMILES string of the molecule is CC1=C(C)C(=O)C(CCCC(=O)Nc2ccc(Cl)cc2N)=C(C)C1=O. The summed E-state index contributed by atoms with van der Waals surface area (Å²) in [5.41, 5.74) is 8.68. The Kier molecular flexibility index (Phi) is 5.80. The van der Waals surface area contributed by atoms with Gasteiger partial charge in [-0.05, 0) is 51.8 Å². The quantitative estimate of drug-likeness (QED) is 0.616. The molecule has 132 valence electrons. The highest BCUT2D eigenvalue weighted by molar-refractivity contribution is 6.31. The molecule has 1 aliphatic rings. The number of carbonyl (C=O) groups is 3. The highest BCUT2D eigenvalue weighted by atomic mass is 35.5. The summed E-state index contributed by atoms with van der Waals surface area (Å²) in [6.07, 6.45) is 1.09. The Bertz CT molecular complexity index is 822. The van der Waals surface area contributed by atoms with Gasteiger partial charge in [0.25, 0.3) is 0 Å². The van der Waals surface area contributed by atoms with Gasteiger partial charge in [-0.3, -0.25) is 14.4 Å². The second-order valence-electron chi connectivity index (χ2n) is 6.15. The summed E-state index contributed by atoms with van der Waals surface area (Å²) in [7, 11) is 0. The van der Waals surface area contributed by atoms with Crippen molar-refractivity contribution in [1.29, 1.82) is 0 Å². The van der Waals surface area contributed by atoms with Crippen LogP contribution >= 0.6 is 11.6 Å².